The summed E-state index contributed by atoms with van der Waals surface area (Å²) in [5.41, 5.74) is 3.69. The maximum Gasteiger partial charge on any atom is 0.253 e. The van der Waals surface area contributed by atoms with Crippen molar-refractivity contribution in [1.29, 1.82) is 0 Å². The largest absolute Gasteiger partial charge is 0.494 e. The first-order valence-electron chi connectivity index (χ1n) is 10.3. The molecule has 6 nitrogen and oxygen atoms in total. The zero-order chi connectivity index (χ0) is 20.9. The van der Waals surface area contributed by atoms with E-state index in [1.54, 1.807) is 0 Å². The molecule has 0 N–H and O–H groups in total. The number of nitrogens with zero attached hydrogens (tertiary/aromatic N) is 4. The SMILES string of the molecule is CCOc1ccc(-c2ccc(N3CCN(C(=O)c4cccc(C)c4)CC3)nn2)cc1. The van der Waals surface area contributed by atoms with Crippen LogP contribution in [0.25, 0.3) is 11.3 Å². The van der Waals surface area contributed by atoms with Crippen LogP contribution in [0.1, 0.15) is 22.8 Å². The molecule has 1 aromatic heterocycles. The summed E-state index contributed by atoms with van der Waals surface area (Å²) in [5.74, 6) is 1.78. The van der Waals surface area contributed by atoms with Gasteiger partial charge in [0.15, 0.2) is 5.82 Å². The fourth-order valence-corrected chi connectivity index (χ4v) is 3.64. The molecular weight excluding hydrogens is 376 g/mol. The first kappa shape index (κ1) is 19.9. The molecule has 1 fully saturated rings. The van der Waals surface area contributed by atoms with Crippen LogP contribution in [-0.4, -0.2) is 53.8 Å². The van der Waals surface area contributed by atoms with Gasteiger partial charge in [-0.2, -0.15) is 0 Å². The number of benzene rings is 2. The number of carbonyl (C=O) groups excluding carboxylic acids is 1. The molecule has 0 atom stereocenters. The molecule has 2 heterocycles. The van der Waals surface area contributed by atoms with Crippen LogP contribution in [0.4, 0.5) is 5.82 Å². The Morgan fingerprint density at radius 1 is 0.967 bits per heavy atom. The van der Waals surface area contributed by atoms with Crippen LogP contribution in [0, 0.1) is 6.92 Å². The van der Waals surface area contributed by atoms with Gasteiger partial charge in [0.1, 0.15) is 5.75 Å². The molecule has 0 radical (unpaired) electrons. The van der Waals surface area contributed by atoms with E-state index < -0.39 is 0 Å². The van der Waals surface area contributed by atoms with Crippen molar-refractivity contribution in [2.45, 2.75) is 13.8 Å². The number of carbonyl (C=O) groups is 1. The van der Waals surface area contributed by atoms with E-state index in [4.69, 9.17) is 4.74 Å². The third-order valence-corrected chi connectivity index (χ3v) is 5.27. The summed E-state index contributed by atoms with van der Waals surface area (Å²) in [5, 5.41) is 8.82. The van der Waals surface area contributed by atoms with Gasteiger partial charge in [0.05, 0.1) is 12.3 Å². The molecule has 1 saturated heterocycles. The number of aromatic nitrogens is 2. The van der Waals surface area contributed by atoms with Gasteiger partial charge in [0, 0.05) is 37.3 Å². The van der Waals surface area contributed by atoms with Crippen LogP contribution in [-0.2, 0) is 0 Å². The Kier molecular flexibility index (Phi) is 5.93. The number of rotatable bonds is 5. The Labute approximate surface area is 177 Å². The fraction of sp³-hybridized carbons (Fsp3) is 0.292. The van der Waals surface area contributed by atoms with E-state index >= 15 is 0 Å². The number of hydrogen-bond acceptors (Lipinski definition) is 5. The van der Waals surface area contributed by atoms with Crippen molar-refractivity contribution in [3.63, 3.8) is 0 Å². The Hall–Kier alpha value is -3.41. The average Bonchev–Trinajstić information content (AvgIpc) is 2.80. The molecule has 0 aliphatic carbocycles. The number of ether oxygens (including phenoxy) is 1. The average molecular weight is 402 g/mol. The summed E-state index contributed by atoms with van der Waals surface area (Å²) in [6, 6.07) is 19.6. The Bertz CT molecular complexity index is 994. The summed E-state index contributed by atoms with van der Waals surface area (Å²) in [4.78, 5) is 16.8. The molecule has 0 saturated carbocycles. The van der Waals surface area contributed by atoms with Gasteiger partial charge in [0.2, 0.25) is 0 Å². The van der Waals surface area contributed by atoms with Crippen LogP contribution < -0.4 is 9.64 Å². The Balaban J connectivity index is 1.37. The zero-order valence-corrected chi connectivity index (χ0v) is 17.4. The van der Waals surface area contributed by atoms with Crippen molar-refractivity contribution in [1.82, 2.24) is 15.1 Å². The highest BCUT2D eigenvalue weighted by atomic mass is 16.5. The van der Waals surface area contributed by atoms with Crippen LogP contribution in [0.5, 0.6) is 5.75 Å². The molecule has 1 amide bonds. The van der Waals surface area contributed by atoms with Gasteiger partial charge in [-0.3, -0.25) is 4.79 Å². The summed E-state index contributed by atoms with van der Waals surface area (Å²) < 4.78 is 5.48. The molecule has 30 heavy (non-hydrogen) atoms. The van der Waals surface area contributed by atoms with Crippen molar-refractivity contribution in [3.8, 4) is 17.0 Å². The van der Waals surface area contributed by atoms with Gasteiger partial charge in [-0.1, -0.05) is 17.7 Å². The van der Waals surface area contributed by atoms with E-state index in [9.17, 15) is 4.79 Å². The second kappa shape index (κ2) is 8.95. The second-order valence-corrected chi connectivity index (χ2v) is 7.38. The minimum absolute atomic E-state index is 0.0929. The second-order valence-electron chi connectivity index (χ2n) is 7.38. The highest BCUT2D eigenvalue weighted by Gasteiger charge is 2.23. The molecule has 2 aromatic carbocycles. The van der Waals surface area contributed by atoms with Gasteiger partial charge in [-0.05, 0) is 62.4 Å². The molecule has 1 aliphatic rings. The standard InChI is InChI=1S/C24H26N4O2/c1-3-30-21-9-7-19(8-10-21)22-11-12-23(26-25-22)27-13-15-28(16-14-27)24(29)20-6-4-5-18(2)17-20/h4-12,17H,3,13-16H2,1-2H3. The van der Waals surface area contributed by atoms with E-state index in [0.717, 1.165) is 47.0 Å². The van der Waals surface area contributed by atoms with Gasteiger partial charge >= 0.3 is 0 Å². The van der Waals surface area contributed by atoms with Crippen LogP contribution in [0.2, 0.25) is 0 Å². The van der Waals surface area contributed by atoms with Crippen molar-refractivity contribution in [2.24, 2.45) is 0 Å². The smallest absolute Gasteiger partial charge is 0.253 e. The summed E-state index contributed by atoms with van der Waals surface area (Å²) in [7, 11) is 0. The summed E-state index contributed by atoms with van der Waals surface area (Å²) >= 11 is 0. The fourth-order valence-electron chi connectivity index (χ4n) is 3.64. The normalized spacial score (nSPS) is 13.9. The van der Waals surface area contributed by atoms with Crippen LogP contribution in [0.3, 0.4) is 0 Å². The first-order chi connectivity index (χ1) is 14.6. The van der Waals surface area contributed by atoms with Crippen LogP contribution >= 0.6 is 0 Å². The van der Waals surface area contributed by atoms with E-state index in [1.807, 2.05) is 79.4 Å². The monoisotopic (exact) mass is 402 g/mol. The Morgan fingerprint density at radius 3 is 2.37 bits per heavy atom. The molecule has 154 valence electrons. The molecule has 6 heteroatoms. The number of anilines is 1. The topological polar surface area (TPSA) is 58.6 Å². The van der Waals surface area contributed by atoms with Crippen molar-refractivity contribution in [2.75, 3.05) is 37.7 Å². The van der Waals surface area contributed by atoms with E-state index in [2.05, 4.69) is 15.1 Å². The van der Waals surface area contributed by atoms with Gasteiger partial charge < -0.3 is 14.5 Å². The summed E-state index contributed by atoms with van der Waals surface area (Å²) in [6.07, 6.45) is 0. The van der Waals surface area contributed by atoms with Crippen molar-refractivity contribution >= 4 is 11.7 Å². The number of piperazine rings is 1. The molecule has 3 aromatic rings. The quantitative estimate of drug-likeness (QED) is 0.649. The molecule has 4 rings (SSSR count). The predicted molar refractivity (Wildman–Crippen MR) is 118 cm³/mol. The van der Waals surface area contributed by atoms with Gasteiger partial charge in [-0.25, -0.2) is 0 Å². The number of aryl methyl sites for hydroxylation is 1. The first-order valence-corrected chi connectivity index (χ1v) is 10.3. The maximum atomic E-state index is 12.7. The van der Waals surface area contributed by atoms with Crippen molar-refractivity contribution in [3.05, 3.63) is 71.8 Å². The minimum atomic E-state index is 0.0929. The maximum absolute atomic E-state index is 12.7. The lowest BCUT2D eigenvalue weighted by Crippen LogP contribution is -2.49. The number of amides is 1. The molecule has 0 bridgehead atoms. The van der Waals surface area contributed by atoms with Gasteiger partial charge in [0.25, 0.3) is 5.91 Å². The number of hydrogen-bond donors (Lipinski definition) is 0. The lowest BCUT2D eigenvalue weighted by molar-refractivity contribution is 0.0746. The zero-order valence-electron chi connectivity index (χ0n) is 17.4. The lowest BCUT2D eigenvalue weighted by atomic mass is 10.1. The Morgan fingerprint density at radius 2 is 1.73 bits per heavy atom. The van der Waals surface area contributed by atoms with E-state index in [-0.39, 0.29) is 5.91 Å². The third-order valence-electron chi connectivity index (χ3n) is 5.27. The van der Waals surface area contributed by atoms with E-state index in [0.29, 0.717) is 19.7 Å². The molecule has 0 spiro atoms. The summed E-state index contributed by atoms with van der Waals surface area (Å²) in [6.45, 7) is 7.46. The molecular formula is C24H26N4O2. The predicted octanol–water partition coefficient (Wildman–Crippen LogP) is 3.81. The molecule has 0 unspecified atom stereocenters. The highest BCUT2D eigenvalue weighted by Crippen LogP contribution is 2.22. The van der Waals surface area contributed by atoms with Gasteiger partial charge in [-0.15, -0.1) is 10.2 Å². The van der Waals surface area contributed by atoms with Crippen LogP contribution in [0.15, 0.2) is 60.7 Å². The minimum Gasteiger partial charge on any atom is -0.494 e. The van der Waals surface area contributed by atoms with E-state index in [1.165, 1.54) is 0 Å². The van der Waals surface area contributed by atoms with Crippen molar-refractivity contribution < 1.29 is 9.53 Å². The third kappa shape index (κ3) is 4.43. The molecule has 1 aliphatic heterocycles. The highest BCUT2D eigenvalue weighted by molar-refractivity contribution is 5.94. The lowest BCUT2D eigenvalue weighted by Gasteiger charge is -2.35.